The predicted molar refractivity (Wildman–Crippen MR) is 112 cm³/mol. The van der Waals surface area contributed by atoms with Gasteiger partial charge in [0.25, 0.3) is 0 Å². The second kappa shape index (κ2) is 8.71. The number of rotatable bonds is 6. The summed E-state index contributed by atoms with van der Waals surface area (Å²) >= 11 is 0. The van der Waals surface area contributed by atoms with Gasteiger partial charge in [-0.05, 0) is 45.7 Å². The molecule has 31 heavy (non-hydrogen) atoms. The summed E-state index contributed by atoms with van der Waals surface area (Å²) in [4.78, 5) is 35.8. The number of Topliss-reactive ketones (excluding diaryl/α,β-unsaturated/α-hetero) is 1. The third-order valence-electron chi connectivity index (χ3n) is 5.58. The van der Waals surface area contributed by atoms with Crippen molar-refractivity contribution in [3.05, 3.63) is 53.3 Å². The maximum Gasteiger partial charge on any atom is 0.309 e. The number of carbonyl (C=O) groups is 2. The molecule has 9 nitrogen and oxygen atoms in total. The monoisotopic (exact) mass is 423 g/mol. The molecule has 0 atom stereocenters. The summed E-state index contributed by atoms with van der Waals surface area (Å²) in [6.07, 6.45) is 4.70. The lowest BCUT2D eigenvalue weighted by molar-refractivity contribution is -0.148. The van der Waals surface area contributed by atoms with Crippen molar-refractivity contribution in [2.24, 2.45) is 5.92 Å². The van der Waals surface area contributed by atoms with Crippen molar-refractivity contribution in [3.63, 3.8) is 0 Å². The fourth-order valence-corrected chi connectivity index (χ4v) is 3.96. The molecule has 0 N–H and O–H groups in total. The quantitative estimate of drug-likeness (QED) is 0.440. The SMILES string of the molecule is Cc1cc(-n2c(C)cc(C(=O)COC(=O)C3CCN(c4ncccn4)CC3)c2C)no1. The lowest BCUT2D eigenvalue weighted by Gasteiger charge is -2.30. The third-order valence-corrected chi connectivity index (χ3v) is 5.58. The van der Waals surface area contributed by atoms with Gasteiger partial charge in [0.1, 0.15) is 5.76 Å². The van der Waals surface area contributed by atoms with Crippen LogP contribution in [0.5, 0.6) is 0 Å². The zero-order valence-corrected chi connectivity index (χ0v) is 17.9. The van der Waals surface area contributed by atoms with Crippen molar-refractivity contribution >= 4 is 17.7 Å². The molecule has 0 bridgehead atoms. The van der Waals surface area contributed by atoms with Crippen LogP contribution in [0.1, 0.15) is 40.3 Å². The zero-order valence-electron chi connectivity index (χ0n) is 17.9. The van der Waals surface area contributed by atoms with Gasteiger partial charge in [-0.15, -0.1) is 0 Å². The molecule has 1 saturated heterocycles. The summed E-state index contributed by atoms with van der Waals surface area (Å²) in [7, 11) is 0. The normalized spacial score (nSPS) is 14.6. The van der Waals surface area contributed by atoms with E-state index in [1.54, 1.807) is 30.6 Å². The lowest BCUT2D eigenvalue weighted by atomic mass is 9.97. The van der Waals surface area contributed by atoms with E-state index in [0.29, 0.717) is 49.0 Å². The molecule has 1 fully saturated rings. The van der Waals surface area contributed by atoms with Crippen LogP contribution >= 0.6 is 0 Å². The van der Waals surface area contributed by atoms with E-state index in [9.17, 15) is 9.59 Å². The van der Waals surface area contributed by atoms with Crippen LogP contribution in [0.3, 0.4) is 0 Å². The van der Waals surface area contributed by atoms with Crippen LogP contribution in [0.25, 0.3) is 5.82 Å². The van der Waals surface area contributed by atoms with E-state index in [-0.39, 0.29) is 24.3 Å². The Balaban J connectivity index is 1.34. The number of ketones is 1. The van der Waals surface area contributed by atoms with Gasteiger partial charge in [-0.25, -0.2) is 9.97 Å². The first-order chi connectivity index (χ1) is 14.9. The molecule has 0 aromatic carbocycles. The first-order valence-corrected chi connectivity index (χ1v) is 10.3. The van der Waals surface area contributed by atoms with Crippen LogP contribution < -0.4 is 4.90 Å². The average molecular weight is 423 g/mol. The fourth-order valence-electron chi connectivity index (χ4n) is 3.96. The second-order valence-corrected chi connectivity index (χ2v) is 7.76. The maximum absolute atomic E-state index is 12.7. The molecule has 0 radical (unpaired) electrons. The number of piperidine rings is 1. The maximum atomic E-state index is 12.7. The Morgan fingerprint density at radius 3 is 2.48 bits per heavy atom. The molecule has 3 aromatic rings. The number of nitrogens with zero attached hydrogens (tertiary/aromatic N) is 5. The summed E-state index contributed by atoms with van der Waals surface area (Å²) in [6, 6.07) is 5.36. The molecule has 3 aromatic heterocycles. The molecule has 4 heterocycles. The second-order valence-electron chi connectivity index (χ2n) is 7.76. The molecule has 9 heteroatoms. The van der Waals surface area contributed by atoms with Gasteiger partial charge in [0.15, 0.2) is 12.4 Å². The number of carbonyl (C=O) groups excluding carboxylic acids is 2. The fraction of sp³-hybridized carbons (Fsp3) is 0.409. The summed E-state index contributed by atoms with van der Waals surface area (Å²) in [5.41, 5.74) is 2.11. The van der Waals surface area contributed by atoms with E-state index in [0.717, 1.165) is 11.4 Å². The summed E-state index contributed by atoms with van der Waals surface area (Å²) in [6.45, 7) is 6.62. The molecule has 0 spiro atoms. The smallest absolute Gasteiger partial charge is 0.309 e. The van der Waals surface area contributed by atoms with Crippen LogP contribution in [0.2, 0.25) is 0 Å². The van der Waals surface area contributed by atoms with Crippen LogP contribution in [-0.2, 0) is 9.53 Å². The van der Waals surface area contributed by atoms with Gasteiger partial charge in [0, 0.05) is 48.5 Å². The molecule has 4 rings (SSSR count). The number of hydrogen-bond acceptors (Lipinski definition) is 8. The van der Waals surface area contributed by atoms with E-state index in [2.05, 4.69) is 20.0 Å². The Labute approximate surface area is 180 Å². The van der Waals surface area contributed by atoms with Gasteiger partial charge < -0.3 is 14.2 Å². The van der Waals surface area contributed by atoms with Gasteiger partial charge in [-0.3, -0.25) is 14.2 Å². The van der Waals surface area contributed by atoms with E-state index >= 15 is 0 Å². The highest BCUT2D eigenvalue weighted by molar-refractivity contribution is 5.99. The van der Waals surface area contributed by atoms with Crippen LogP contribution in [0, 0.1) is 26.7 Å². The van der Waals surface area contributed by atoms with Crippen molar-refractivity contribution in [1.29, 1.82) is 0 Å². The average Bonchev–Trinajstić information content (AvgIpc) is 3.34. The zero-order chi connectivity index (χ0) is 22.0. The Hall–Kier alpha value is -3.49. The number of aryl methyl sites for hydroxylation is 2. The first kappa shape index (κ1) is 20.8. The summed E-state index contributed by atoms with van der Waals surface area (Å²) < 4.78 is 12.4. The first-order valence-electron chi connectivity index (χ1n) is 10.3. The number of anilines is 1. The molecule has 0 unspecified atom stereocenters. The van der Waals surface area contributed by atoms with Gasteiger partial charge in [-0.2, -0.15) is 0 Å². The molecular formula is C22H25N5O4. The minimum Gasteiger partial charge on any atom is -0.457 e. The highest BCUT2D eigenvalue weighted by atomic mass is 16.5. The molecule has 1 aliphatic rings. The molecule has 162 valence electrons. The van der Waals surface area contributed by atoms with Crippen molar-refractivity contribution in [1.82, 2.24) is 19.7 Å². The molecule has 0 aliphatic carbocycles. The largest absolute Gasteiger partial charge is 0.457 e. The minimum atomic E-state index is -0.331. The summed E-state index contributed by atoms with van der Waals surface area (Å²) in [5.74, 6) is 1.19. The van der Waals surface area contributed by atoms with Crippen molar-refractivity contribution in [3.8, 4) is 5.82 Å². The van der Waals surface area contributed by atoms with E-state index in [1.165, 1.54) is 0 Å². The van der Waals surface area contributed by atoms with Gasteiger partial charge in [0.05, 0.1) is 5.92 Å². The number of ether oxygens (including phenoxy) is 1. The highest BCUT2D eigenvalue weighted by Crippen LogP contribution is 2.23. The Morgan fingerprint density at radius 2 is 1.84 bits per heavy atom. The standard InChI is InChI=1S/C22H25N5O4/c1-14-11-18(16(3)27(14)20-12-15(2)31-25-20)19(28)13-30-21(29)17-5-9-26(10-6-17)22-23-7-4-8-24-22/h4,7-8,11-12,17H,5-6,9-10,13H2,1-3H3. The molecule has 0 saturated carbocycles. The number of esters is 1. The van der Waals surface area contributed by atoms with E-state index in [4.69, 9.17) is 9.26 Å². The molecule has 1 aliphatic heterocycles. The minimum absolute atomic E-state index is 0.224. The topological polar surface area (TPSA) is 103 Å². The number of aromatic nitrogens is 4. The Kier molecular flexibility index (Phi) is 5.83. The van der Waals surface area contributed by atoms with Crippen molar-refractivity contribution in [2.45, 2.75) is 33.6 Å². The summed E-state index contributed by atoms with van der Waals surface area (Å²) in [5, 5.41) is 4.02. The van der Waals surface area contributed by atoms with Gasteiger partial charge in [0.2, 0.25) is 11.7 Å². The van der Waals surface area contributed by atoms with Crippen LogP contribution in [0.4, 0.5) is 5.95 Å². The van der Waals surface area contributed by atoms with Crippen LogP contribution in [0.15, 0.2) is 35.1 Å². The third kappa shape index (κ3) is 4.35. The lowest BCUT2D eigenvalue weighted by Crippen LogP contribution is -2.38. The Bertz CT molecular complexity index is 1080. The predicted octanol–water partition coefficient (Wildman–Crippen LogP) is 2.82. The van der Waals surface area contributed by atoms with Crippen molar-refractivity contribution < 1.29 is 18.8 Å². The van der Waals surface area contributed by atoms with E-state index < -0.39 is 0 Å². The van der Waals surface area contributed by atoms with Gasteiger partial charge >= 0.3 is 5.97 Å². The van der Waals surface area contributed by atoms with Crippen molar-refractivity contribution in [2.75, 3.05) is 24.6 Å². The Morgan fingerprint density at radius 1 is 1.13 bits per heavy atom. The van der Waals surface area contributed by atoms with E-state index in [1.807, 2.05) is 25.3 Å². The van der Waals surface area contributed by atoms with Gasteiger partial charge in [-0.1, -0.05) is 5.16 Å². The number of hydrogen-bond donors (Lipinski definition) is 0. The molecular weight excluding hydrogens is 398 g/mol. The molecule has 0 amide bonds. The highest BCUT2D eigenvalue weighted by Gasteiger charge is 2.28. The van der Waals surface area contributed by atoms with Crippen LogP contribution in [-0.4, -0.2) is 51.1 Å².